The third-order valence-corrected chi connectivity index (χ3v) is 4.66. The van der Waals surface area contributed by atoms with Crippen molar-refractivity contribution < 1.29 is 23.6 Å². The number of anilines is 1. The number of nitro groups is 1. The lowest BCUT2D eigenvalue weighted by Crippen LogP contribution is -2.49. The summed E-state index contributed by atoms with van der Waals surface area (Å²) in [5, 5.41) is 15.3. The van der Waals surface area contributed by atoms with Crippen molar-refractivity contribution in [3.05, 3.63) is 51.6 Å². The van der Waals surface area contributed by atoms with Gasteiger partial charge in [-0.05, 0) is 13.8 Å². The van der Waals surface area contributed by atoms with Crippen LogP contribution >= 0.6 is 0 Å². The van der Waals surface area contributed by atoms with Crippen molar-refractivity contribution in [2.75, 3.05) is 31.2 Å². The second-order valence-electron chi connectivity index (χ2n) is 6.70. The monoisotopic (exact) mass is 392 g/mol. The zero-order valence-corrected chi connectivity index (χ0v) is 15.8. The Kier molecular flexibility index (Phi) is 5.32. The average molecular weight is 392 g/mol. The molecule has 0 N–H and O–H groups in total. The fraction of sp³-hybridized carbons (Fsp3) is 0.444. The van der Waals surface area contributed by atoms with E-state index in [-0.39, 0.29) is 31.0 Å². The lowest BCUT2D eigenvalue weighted by Gasteiger charge is -2.41. The average Bonchev–Trinajstić information content (AvgIpc) is 3.08. The molecule has 0 aliphatic carbocycles. The van der Waals surface area contributed by atoms with Gasteiger partial charge in [-0.1, -0.05) is 0 Å². The fourth-order valence-corrected chi connectivity index (χ4v) is 3.31. The van der Waals surface area contributed by atoms with Gasteiger partial charge in [0.25, 0.3) is 5.69 Å². The Balaban J connectivity index is 2.04. The number of halogens is 1. The number of nitrogens with zero attached hydrogens (tertiary/aromatic N) is 4. The highest BCUT2D eigenvalue weighted by Gasteiger charge is 2.38. The number of non-ortho nitro benzene ring substituents is 1. The molecule has 2 heterocycles. The maximum Gasteiger partial charge on any atom is 0.340 e. The minimum Gasteiger partial charge on any atom is -0.462 e. The van der Waals surface area contributed by atoms with Crippen molar-refractivity contribution in [1.29, 1.82) is 0 Å². The number of nitro benzene ring substituents is 1. The van der Waals surface area contributed by atoms with Crippen molar-refractivity contribution in [3.63, 3.8) is 0 Å². The second kappa shape index (κ2) is 7.55. The van der Waals surface area contributed by atoms with Gasteiger partial charge >= 0.3 is 5.97 Å². The summed E-state index contributed by atoms with van der Waals surface area (Å²) in [6.45, 7) is 4.36. The van der Waals surface area contributed by atoms with E-state index >= 15 is 0 Å². The quantitative estimate of drug-likeness (QED) is 0.438. The molecule has 0 amide bonds. The highest BCUT2D eigenvalue weighted by molar-refractivity contribution is 5.97. The smallest absolute Gasteiger partial charge is 0.340 e. The lowest BCUT2D eigenvalue weighted by atomic mass is 9.96. The predicted molar refractivity (Wildman–Crippen MR) is 97.7 cm³/mol. The molecule has 1 unspecified atom stereocenters. The number of hydrogen-bond donors (Lipinski definition) is 0. The molecule has 1 aliphatic rings. The molecule has 0 saturated carbocycles. The summed E-state index contributed by atoms with van der Waals surface area (Å²) in [6, 6.07) is 1.86. The topological polar surface area (TPSA) is 99.7 Å². The number of benzene rings is 1. The van der Waals surface area contributed by atoms with Crippen molar-refractivity contribution >= 4 is 17.3 Å². The SMILES string of the molecule is CCOC(=O)c1cc([N+](=O)[O-])cc(F)c1N1CCOC(C)(c2cnn(C)c2)C1. The van der Waals surface area contributed by atoms with E-state index in [0.29, 0.717) is 6.54 Å². The summed E-state index contributed by atoms with van der Waals surface area (Å²) in [4.78, 5) is 24.4. The van der Waals surface area contributed by atoms with Crippen LogP contribution in [0.3, 0.4) is 0 Å². The van der Waals surface area contributed by atoms with Gasteiger partial charge in [-0.3, -0.25) is 14.8 Å². The van der Waals surface area contributed by atoms with Crippen LogP contribution in [0.25, 0.3) is 0 Å². The Hall–Kier alpha value is -3.01. The molecule has 1 aromatic heterocycles. The molecule has 1 atom stereocenters. The summed E-state index contributed by atoms with van der Waals surface area (Å²) < 4.78 is 27.5. The molecule has 10 heteroatoms. The normalized spacial score (nSPS) is 19.5. The fourth-order valence-electron chi connectivity index (χ4n) is 3.31. The summed E-state index contributed by atoms with van der Waals surface area (Å²) in [5.41, 5.74) is -0.689. The Morgan fingerprint density at radius 2 is 2.25 bits per heavy atom. The van der Waals surface area contributed by atoms with E-state index in [0.717, 1.165) is 17.7 Å². The summed E-state index contributed by atoms with van der Waals surface area (Å²) >= 11 is 0. The molecule has 2 aromatic rings. The first-order chi connectivity index (χ1) is 13.2. The van der Waals surface area contributed by atoms with Gasteiger partial charge in [-0.25, -0.2) is 9.18 Å². The van der Waals surface area contributed by atoms with Crippen LogP contribution in [0.2, 0.25) is 0 Å². The van der Waals surface area contributed by atoms with Crippen LogP contribution in [-0.2, 0) is 22.1 Å². The Morgan fingerprint density at radius 3 is 2.86 bits per heavy atom. The number of carbonyl (C=O) groups excluding carboxylic acids is 1. The number of carbonyl (C=O) groups is 1. The van der Waals surface area contributed by atoms with E-state index in [1.807, 2.05) is 13.1 Å². The van der Waals surface area contributed by atoms with Crippen LogP contribution in [0.15, 0.2) is 24.5 Å². The molecular weight excluding hydrogens is 371 g/mol. The van der Waals surface area contributed by atoms with Crippen LogP contribution in [-0.4, -0.2) is 47.0 Å². The van der Waals surface area contributed by atoms with Gasteiger partial charge in [-0.15, -0.1) is 0 Å². The molecule has 9 nitrogen and oxygen atoms in total. The minimum absolute atomic E-state index is 0.0255. The van der Waals surface area contributed by atoms with E-state index in [1.54, 1.807) is 29.7 Å². The van der Waals surface area contributed by atoms with Gasteiger partial charge in [0, 0.05) is 31.4 Å². The van der Waals surface area contributed by atoms with Crippen LogP contribution in [0.1, 0.15) is 29.8 Å². The predicted octanol–water partition coefficient (Wildman–Crippen LogP) is 2.40. The van der Waals surface area contributed by atoms with E-state index in [2.05, 4.69) is 5.10 Å². The maximum absolute atomic E-state index is 14.9. The largest absolute Gasteiger partial charge is 0.462 e. The summed E-state index contributed by atoms with van der Waals surface area (Å²) in [5.74, 6) is -1.66. The van der Waals surface area contributed by atoms with Gasteiger partial charge < -0.3 is 14.4 Å². The molecule has 1 aliphatic heterocycles. The second-order valence-corrected chi connectivity index (χ2v) is 6.70. The summed E-state index contributed by atoms with van der Waals surface area (Å²) in [6.07, 6.45) is 3.48. The van der Waals surface area contributed by atoms with Crippen molar-refractivity contribution in [1.82, 2.24) is 9.78 Å². The standard InChI is InChI=1S/C18H21FN4O5/c1-4-27-17(24)14-7-13(23(25)26)8-15(19)16(14)22-5-6-28-18(2,11-22)12-9-20-21(3)10-12/h7-10H,4-6,11H2,1-3H3. The van der Waals surface area contributed by atoms with E-state index in [9.17, 15) is 19.3 Å². The van der Waals surface area contributed by atoms with Gasteiger partial charge in [-0.2, -0.15) is 5.10 Å². The van der Waals surface area contributed by atoms with Gasteiger partial charge in [0.05, 0.1) is 48.2 Å². The van der Waals surface area contributed by atoms with Crippen LogP contribution < -0.4 is 4.90 Å². The van der Waals surface area contributed by atoms with Gasteiger partial charge in [0.15, 0.2) is 5.82 Å². The number of rotatable bonds is 5. The maximum atomic E-state index is 14.9. The summed E-state index contributed by atoms with van der Waals surface area (Å²) in [7, 11) is 1.78. The third kappa shape index (κ3) is 3.68. The lowest BCUT2D eigenvalue weighted by molar-refractivity contribution is -0.385. The molecule has 3 rings (SSSR count). The molecule has 150 valence electrons. The first-order valence-electron chi connectivity index (χ1n) is 8.78. The van der Waals surface area contributed by atoms with Crippen molar-refractivity contribution in [2.24, 2.45) is 7.05 Å². The van der Waals surface area contributed by atoms with Crippen molar-refractivity contribution in [3.8, 4) is 0 Å². The van der Waals surface area contributed by atoms with Gasteiger partial charge in [0.2, 0.25) is 0 Å². The number of esters is 1. The highest BCUT2D eigenvalue weighted by Crippen LogP contribution is 2.36. The molecule has 28 heavy (non-hydrogen) atoms. The zero-order valence-electron chi connectivity index (χ0n) is 15.8. The Bertz CT molecular complexity index is 915. The molecule has 1 saturated heterocycles. The molecule has 0 spiro atoms. The molecule has 0 radical (unpaired) electrons. The Labute approximate surface area is 160 Å². The van der Waals surface area contributed by atoms with E-state index < -0.39 is 28.0 Å². The van der Waals surface area contributed by atoms with E-state index in [4.69, 9.17) is 9.47 Å². The molecular formula is C18H21FN4O5. The third-order valence-electron chi connectivity index (χ3n) is 4.66. The van der Waals surface area contributed by atoms with Crippen LogP contribution in [0.5, 0.6) is 0 Å². The van der Waals surface area contributed by atoms with Gasteiger partial charge in [0.1, 0.15) is 5.60 Å². The number of aromatic nitrogens is 2. The molecule has 1 aromatic carbocycles. The van der Waals surface area contributed by atoms with Crippen LogP contribution in [0, 0.1) is 15.9 Å². The number of hydrogen-bond acceptors (Lipinski definition) is 7. The molecule has 0 bridgehead atoms. The minimum atomic E-state index is -0.854. The number of ether oxygens (including phenoxy) is 2. The van der Waals surface area contributed by atoms with E-state index in [1.165, 1.54) is 0 Å². The Morgan fingerprint density at radius 1 is 1.50 bits per heavy atom. The van der Waals surface area contributed by atoms with Crippen LogP contribution in [0.4, 0.5) is 15.8 Å². The number of aryl methyl sites for hydroxylation is 1. The van der Waals surface area contributed by atoms with Crippen molar-refractivity contribution in [2.45, 2.75) is 19.4 Å². The highest BCUT2D eigenvalue weighted by atomic mass is 19.1. The first-order valence-corrected chi connectivity index (χ1v) is 8.78. The first kappa shape index (κ1) is 19.7. The zero-order chi connectivity index (χ0) is 20.5. The molecule has 1 fully saturated rings. The number of morpholine rings is 1.